The number of carbonyl (C=O) groups is 3. The highest BCUT2D eigenvalue weighted by Crippen LogP contribution is 2.67. The van der Waals surface area contributed by atoms with Crippen molar-refractivity contribution in [1.82, 2.24) is 14.7 Å². The van der Waals surface area contributed by atoms with Crippen LogP contribution in [0, 0.1) is 11.8 Å². The molecule has 0 aromatic rings. The summed E-state index contributed by atoms with van der Waals surface area (Å²) in [5, 5.41) is 10.0. The first-order chi connectivity index (χ1) is 16.3. The lowest BCUT2D eigenvalue weighted by Crippen LogP contribution is -2.57. The van der Waals surface area contributed by atoms with Gasteiger partial charge in [0, 0.05) is 31.4 Å². The van der Waals surface area contributed by atoms with Crippen LogP contribution in [0.2, 0.25) is 0 Å². The van der Waals surface area contributed by atoms with Crippen LogP contribution >= 0.6 is 11.8 Å². The molecule has 3 saturated heterocycles. The Hall–Kier alpha value is -1.80. The normalized spacial score (nSPS) is 30.2. The molecule has 3 amide bonds. The van der Waals surface area contributed by atoms with E-state index in [0.29, 0.717) is 26.2 Å². The molecule has 34 heavy (non-hydrogen) atoms. The number of carbonyl (C=O) groups excluding carboxylic acids is 3. The van der Waals surface area contributed by atoms with Crippen molar-refractivity contribution >= 4 is 29.5 Å². The Kier molecular flexibility index (Phi) is 8.90. The fourth-order valence-electron chi connectivity index (χ4n) is 6.11. The summed E-state index contributed by atoms with van der Waals surface area (Å²) >= 11 is 1.68. The number of nitrogens with zero attached hydrogens (tertiary/aromatic N) is 3. The average molecular weight is 492 g/mol. The molecule has 0 aromatic heterocycles. The second kappa shape index (κ2) is 11.3. The third-order valence-electron chi connectivity index (χ3n) is 7.59. The molecule has 1 N–H and O–H groups in total. The number of unbranched alkanes of at least 4 members (excludes halogenated alkanes) is 1. The van der Waals surface area contributed by atoms with Crippen molar-refractivity contribution in [3.63, 3.8) is 0 Å². The third-order valence-corrected chi connectivity index (χ3v) is 9.55. The van der Waals surface area contributed by atoms with Crippen molar-refractivity contribution in [1.29, 1.82) is 0 Å². The van der Waals surface area contributed by atoms with Gasteiger partial charge in [0.1, 0.15) is 6.04 Å². The highest BCUT2D eigenvalue weighted by Gasteiger charge is 2.74. The van der Waals surface area contributed by atoms with Gasteiger partial charge in [-0.05, 0) is 32.6 Å². The molecule has 0 aromatic carbocycles. The summed E-state index contributed by atoms with van der Waals surface area (Å²) in [7, 11) is 0. The summed E-state index contributed by atoms with van der Waals surface area (Å²) in [6.45, 7) is 15.4. The number of aliphatic hydroxyl groups excluding tert-OH is 1. The maximum Gasteiger partial charge on any atom is 0.247 e. The van der Waals surface area contributed by atoms with Gasteiger partial charge >= 0.3 is 0 Å². The Morgan fingerprint density at radius 1 is 1.18 bits per heavy atom. The zero-order chi connectivity index (χ0) is 25.0. The summed E-state index contributed by atoms with van der Waals surface area (Å²) < 4.78 is -0.625. The van der Waals surface area contributed by atoms with E-state index in [2.05, 4.69) is 20.1 Å². The van der Waals surface area contributed by atoms with Crippen molar-refractivity contribution in [3.05, 3.63) is 25.3 Å². The number of fused-ring (bicyclic) bond motifs is 1. The van der Waals surface area contributed by atoms with Gasteiger partial charge in [-0.15, -0.1) is 24.9 Å². The molecule has 2 unspecified atom stereocenters. The Bertz CT molecular complexity index is 805. The Balaban J connectivity index is 2.02. The molecule has 0 aliphatic carbocycles. The average Bonchev–Trinajstić information content (AvgIpc) is 3.47. The zero-order valence-corrected chi connectivity index (χ0v) is 21.8. The van der Waals surface area contributed by atoms with Gasteiger partial charge in [-0.2, -0.15) is 0 Å². The van der Waals surface area contributed by atoms with Crippen LogP contribution in [0.5, 0.6) is 0 Å². The van der Waals surface area contributed by atoms with E-state index in [4.69, 9.17) is 0 Å². The maximum absolute atomic E-state index is 14.0. The Labute approximate surface area is 208 Å². The lowest BCUT2D eigenvalue weighted by Gasteiger charge is -2.39. The van der Waals surface area contributed by atoms with Crippen molar-refractivity contribution in [2.45, 2.75) is 75.0 Å². The monoisotopic (exact) mass is 491 g/mol. The molecule has 3 heterocycles. The molecule has 3 fully saturated rings. The van der Waals surface area contributed by atoms with E-state index in [0.717, 1.165) is 32.1 Å². The number of aliphatic hydroxyl groups is 1. The van der Waals surface area contributed by atoms with E-state index in [-0.39, 0.29) is 29.6 Å². The van der Waals surface area contributed by atoms with Crippen LogP contribution in [0.1, 0.15) is 52.9 Å². The number of hydrogen-bond acceptors (Lipinski definition) is 5. The number of hydrogen-bond donors (Lipinski definition) is 1. The van der Waals surface area contributed by atoms with Gasteiger partial charge in [0.25, 0.3) is 0 Å². The molecule has 0 saturated carbocycles. The minimum atomic E-state index is -0.671. The smallest absolute Gasteiger partial charge is 0.247 e. The number of likely N-dealkylation sites (tertiary alicyclic amines) is 1. The summed E-state index contributed by atoms with van der Waals surface area (Å²) in [5.74, 6) is -1.21. The molecular formula is C26H41N3O4S. The van der Waals surface area contributed by atoms with E-state index in [1.807, 2.05) is 6.92 Å². The fraction of sp³-hybridized carbons (Fsp3) is 0.731. The number of amides is 3. The van der Waals surface area contributed by atoms with Gasteiger partial charge in [-0.25, -0.2) is 0 Å². The van der Waals surface area contributed by atoms with Crippen LogP contribution in [-0.4, -0.2) is 92.4 Å². The summed E-state index contributed by atoms with van der Waals surface area (Å²) in [6, 6.07) is -1.16. The van der Waals surface area contributed by atoms with Crippen molar-refractivity contribution < 1.29 is 19.5 Å². The minimum absolute atomic E-state index is 0.00203. The van der Waals surface area contributed by atoms with E-state index in [1.165, 1.54) is 0 Å². The SMILES string of the molecule is C=CCN(CCCC)C(=O)C1N([C@H](C)CO)C(=O)[C@@H]2[C@H](C(=O)N(CC=C)CCC)[C@@H]3CCC12S3. The van der Waals surface area contributed by atoms with Gasteiger partial charge in [0.15, 0.2) is 0 Å². The van der Waals surface area contributed by atoms with Crippen molar-refractivity contribution in [2.24, 2.45) is 11.8 Å². The predicted octanol–water partition coefficient (Wildman–Crippen LogP) is 2.70. The molecule has 2 bridgehead atoms. The minimum Gasteiger partial charge on any atom is -0.394 e. The first kappa shape index (κ1) is 26.8. The molecule has 190 valence electrons. The molecule has 0 radical (unpaired) electrons. The van der Waals surface area contributed by atoms with Gasteiger partial charge < -0.3 is 19.8 Å². The standard InChI is InChI=1S/C26H41N3O4S/c1-6-10-16-28(15-9-4)25(33)22-26-12-11-19(34-26)20(23(31)27(13-7-2)14-8-3)21(26)24(32)29(22)18(5)17-30/h7,9,18-22,30H,2,4,6,8,10-17H2,1,3,5H3/t18-,19+,20-,21+,22?,26?/m1/s1. The van der Waals surface area contributed by atoms with Gasteiger partial charge in [0.05, 0.1) is 29.2 Å². The molecule has 3 rings (SSSR count). The summed E-state index contributed by atoms with van der Waals surface area (Å²) in [4.78, 5) is 46.9. The molecule has 7 nitrogen and oxygen atoms in total. The molecular weight excluding hydrogens is 450 g/mol. The summed E-state index contributed by atoms with van der Waals surface area (Å²) in [5.41, 5.74) is 0. The fourth-order valence-corrected chi connectivity index (χ4v) is 8.30. The largest absolute Gasteiger partial charge is 0.394 e. The first-order valence-electron chi connectivity index (χ1n) is 12.7. The Morgan fingerprint density at radius 2 is 1.82 bits per heavy atom. The van der Waals surface area contributed by atoms with Crippen LogP contribution in [-0.2, 0) is 14.4 Å². The summed E-state index contributed by atoms with van der Waals surface area (Å²) in [6.07, 6.45) is 7.67. The maximum atomic E-state index is 14.0. The van der Waals surface area contributed by atoms with Gasteiger partial charge in [0.2, 0.25) is 17.7 Å². The predicted molar refractivity (Wildman–Crippen MR) is 136 cm³/mol. The van der Waals surface area contributed by atoms with E-state index >= 15 is 0 Å². The van der Waals surface area contributed by atoms with E-state index in [9.17, 15) is 19.5 Å². The molecule has 6 atom stereocenters. The van der Waals surface area contributed by atoms with Gasteiger partial charge in [-0.3, -0.25) is 14.4 Å². The second-order valence-corrected chi connectivity index (χ2v) is 11.4. The highest BCUT2D eigenvalue weighted by atomic mass is 32.2. The molecule has 1 spiro atoms. The van der Waals surface area contributed by atoms with Crippen LogP contribution < -0.4 is 0 Å². The Morgan fingerprint density at radius 3 is 2.38 bits per heavy atom. The molecule has 8 heteroatoms. The lowest BCUT2D eigenvalue weighted by molar-refractivity contribution is -0.146. The van der Waals surface area contributed by atoms with Crippen LogP contribution in [0.3, 0.4) is 0 Å². The van der Waals surface area contributed by atoms with Crippen LogP contribution in [0.15, 0.2) is 25.3 Å². The highest BCUT2D eigenvalue weighted by molar-refractivity contribution is 8.02. The van der Waals surface area contributed by atoms with Crippen molar-refractivity contribution in [2.75, 3.05) is 32.8 Å². The first-order valence-corrected chi connectivity index (χ1v) is 13.6. The quantitative estimate of drug-likeness (QED) is 0.401. The third kappa shape index (κ3) is 4.43. The van der Waals surface area contributed by atoms with Crippen molar-refractivity contribution in [3.8, 4) is 0 Å². The van der Waals surface area contributed by atoms with Gasteiger partial charge in [-0.1, -0.05) is 32.4 Å². The van der Waals surface area contributed by atoms with E-state index < -0.39 is 28.7 Å². The molecule has 3 aliphatic heterocycles. The second-order valence-electron chi connectivity index (χ2n) is 9.83. The zero-order valence-electron chi connectivity index (χ0n) is 20.9. The lowest BCUT2D eigenvalue weighted by atomic mass is 9.70. The number of rotatable bonds is 13. The number of thioether (sulfide) groups is 1. The van der Waals surface area contributed by atoms with E-state index in [1.54, 1.807) is 45.5 Å². The molecule has 3 aliphatic rings. The van der Waals surface area contributed by atoms with Crippen LogP contribution in [0.25, 0.3) is 0 Å². The van der Waals surface area contributed by atoms with Crippen LogP contribution in [0.4, 0.5) is 0 Å². The topological polar surface area (TPSA) is 81.2 Å².